The molecule has 2 aliphatic rings. The SMILES string of the molecule is CCOC(=O)C1(C2CCCCC2)CCN(C(=O)C(Cc2ccc(Cl)cc2Cl)NC(=O)NCCCCCc2cnc[nH]2)CC1. The number of rotatable bonds is 13. The molecule has 2 fully saturated rings. The average molecular weight is 635 g/mol. The molecule has 2 aromatic rings. The fourth-order valence-electron chi connectivity index (χ4n) is 6.61. The lowest BCUT2D eigenvalue weighted by molar-refractivity contribution is -0.166. The number of carbonyl (C=O) groups excluding carboxylic acids is 3. The zero-order valence-electron chi connectivity index (χ0n) is 25.1. The Morgan fingerprint density at radius 3 is 2.56 bits per heavy atom. The van der Waals surface area contributed by atoms with Crippen molar-refractivity contribution in [3.05, 3.63) is 52.0 Å². The predicted octanol–water partition coefficient (Wildman–Crippen LogP) is 6.09. The van der Waals surface area contributed by atoms with Crippen molar-refractivity contribution in [2.75, 3.05) is 26.2 Å². The third-order valence-electron chi connectivity index (χ3n) is 9.04. The molecule has 9 nitrogen and oxygen atoms in total. The fourth-order valence-corrected chi connectivity index (χ4v) is 7.10. The summed E-state index contributed by atoms with van der Waals surface area (Å²) in [4.78, 5) is 49.1. The summed E-state index contributed by atoms with van der Waals surface area (Å²) < 4.78 is 5.58. The number of hydrogen-bond acceptors (Lipinski definition) is 5. The van der Waals surface area contributed by atoms with Crippen LogP contribution in [0.5, 0.6) is 0 Å². The van der Waals surface area contributed by atoms with Crippen molar-refractivity contribution in [2.24, 2.45) is 11.3 Å². The van der Waals surface area contributed by atoms with E-state index in [-0.39, 0.29) is 24.2 Å². The van der Waals surface area contributed by atoms with Crippen LogP contribution in [-0.4, -0.2) is 65.1 Å². The van der Waals surface area contributed by atoms with Crippen molar-refractivity contribution in [1.29, 1.82) is 0 Å². The van der Waals surface area contributed by atoms with Crippen molar-refractivity contribution < 1.29 is 19.1 Å². The number of carbonyl (C=O) groups is 3. The maximum absolute atomic E-state index is 13.9. The van der Waals surface area contributed by atoms with Gasteiger partial charge < -0.3 is 25.3 Å². The number of likely N-dealkylation sites (tertiary alicyclic amines) is 1. The molecule has 1 aromatic carbocycles. The standard InChI is InChI=1S/C32H45Cl2N5O4/c1-2-43-30(41)32(24-9-5-3-6-10-24)14-17-39(18-15-32)29(40)28(19-23-12-13-25(33)20-27(23)34)38-31(42)36-16-8-4-7-11-26-21-35-22-37-26/h12-13,20-22,24,28H,2-11,14-19H2,1H3,(H,35,37)(H2,36,38,42). The lowest BCUT2D eigenvalue weighted by Crippen LogP contribution is -2.56. The third-order valence-corrected chi connectivity index (χ3v) is 9.63. The van der Waals surface area contributed by atoms with E-state index in [4.69, 9.17) is 27.9 Å². The van der Waals surface area contributed by atoms with E-state index in [0.29, 0.717) is 49.1 Å². The molecule has 3 amide bonds. The molecule has 1 atom stereocenters. The van der Waals surface area contributed by atoms with E-state index in [9.17, 15) is 14.4 Å². The van der Waals surface area contributed by atoms with Crippen LogP contribution in [0.15, 0.2) is 30.7 Å². The molecule has 43 heavy (non-hydrogen) atoms. The minimum absolute atomic E-state index is 0.124. The van der Waals surface area contributed by atoms with Crippen LogP contribution in [0.1, 0.15) is 82.4 Å². The Balaban J connectivity index is 1.37. The number of aromatic amines is 1. The molecule has 0 spiro atoms. The van der Waals surface area contributed by atoms with Crippen LogP contribution in [0.25, 0.3) is 0 Å². The monoisotopic (exact) mass is 633 g/mol. The van der Waals surface area contributed by atoms with Crippen LogP contribution in [0.2, 0.25) is 10.0 Å². The number of halogens is 2. The van der Waals surface area contributed by atoms with Gasteiger partial charge in [-0.05, 0) is 75.5 Å². The van der Waals surface area contributed by atoms with Gasteiger partial charge in [0.2, 0.25) is 5.91 Å². The second-order valence-electron chi connectivity index (χ2n) is 11.8. The molecule has 0 bridgehead atoms. The molecule has 4 rings (SSSR count). The minimum atomic E-state index is -0.816. The molecular weight excluding hydrogens is 589 g/mol. The second-order valence-corrected chi connectivity index (χ2v) is 12.7. The summed E-state index contributed by atoms with van der Waals surface area (Å²) in [6, 6.07) is 3.95. The highest BCUT2D eigenvalue weighted by Crippen LogP contribution is 2.47. The van der Waals surface area contributed by atoms with E-state index in [0.717, 1.165) is 62.6 Å². The molecule has 2 heterocycles. The molecule has 236 valence electrons. The van der Waals surface area contributed by atoms with Crippen molar-refractivity contribution in [2.45, 2.75) is 90.0 Å². The molecule has 1 saturated carbocycles. The number of amides is 3. The van der Waals surface area contributed by atoms with Crippen LogP contribution >= 0.6 is 23.2 Å². The number of nitrogens with one attached hydrogen (secondary N) is 3. The van der Waals surface area contributed by atoms with Gasteiger partial charge >= 0.3 is 12.0 Å². The lowest BCUT2D eigenvalue weighted by Gasteiger charge is -2.46. The van der Waals surface area contributed by atoms with Gasteiger partial charge in [-0.1, -0.05) is 55.0 Å². The summed E-state index contributed by atoms with van der Waals surface area (Å²) in [5, 5.41) is 6.76. The highest BCUT2D eigenvalue weighted by atomic mass is 35.5. The van der Waals surface area contributed by atoms with E-state index in [1.54, 1.807) is 29.4 Å². The summed E-state index contributed by atoms with van der Waals surface area (Å²) in [5.74, 6) is -0.0213. The average Bonchev–Trinajstić information content (AvgIpc) is 3.54. The Kier molecular flexibility index (Phi) is 12.6. The van der Waals surface area contributed by atoms with Crippen LogP contribution in [0, 0.1) is 11.3 Å². The molecular formula is C32H45Cl2N5O4. The highest BCUT2D eigenvalue weighted by molar-refractivity contribution is 6.35. The number of piperidine rings is 1. The molecule has 0 radical (unpaired) electrons. The Labute approximate surface area is 264 Å². The van der Waals surface area contributed by atoms with E-state index < -0.39 is 17.5 Å². The Morgan fingerprint density at radius 1 is 1.12 bits per heavy atom. The largest absolute Gasteiger partial charge is 0.466 e. The molecule has 3 N–H and O–H groups in total. The zero-order chi connectivity index (χ0) is 30.7. The molecule has 1 aromatic heterocycles. The van der Waals surface area contributed by atoms with Crippen LogP contribution in [-0.2, 0) is 27.2 Å². The topological polar surface area (TPSA) is 116 Å². The summed E-state index contributed by atoms with van der Waals surface area (Å²) >= 11 is 12.6. The fraction of sp³-hybridized carbons (Fsp3) is 0.625. The van der Waals surface area contributed by atoms with Gasteiger partial charge in [0.1, 0.15) is 6.04 Å². The second kappa shape index (κ2) is 16.3. The maximum atomic E-state index is 13.9. The van der Waals surface area contributed by atoms with Gasteiger partial charge in [0.25, 0.3) is 0 Å². The van der Waals surface area contributed by atoms with Gasteiger partial charge in [-0.3, -0.25) is 9.59 Å². The van der Waals surface area contributed by atoms with Gasteiger partial charge in [-0.15, -0.1) is 0 Å². The molecule has 1 saturated heterocycles. The molecule has 1 aliphatic carbocycles. The summed E-state index contributed by atoms with van der Waals surface area (Å²) in [6.07, 6.45) is 14.1. The first kappa shape index (κ1) is 33.1. The molecule has 1 unspecified atom stereocenters. The maximum Gasteiger partial charge on any atom is 0.315 e. The Bertz CT molecular complexity index is 1190. The van der Waals surface area contributed by atoms with Gasteiger partial charge in [0.05, 0.1) is 18.3 Å². The van der Waals surface area contributed by atoms with Gasteiger partial charge in [0.15, 0.2) is 0 Å². The number of esters is 1. The summed E-state index contributed by atoms with van der Waals surface area (Å²) in [7, 11) is 0. The smallest absolute Gasteiger partial charge is 0.315 e. The zero-order valence-corrected chi connectivity index (χ0v) is 26.7. The summed E-state index contributed by atoms with van der Waals surface area (Å²) in [6.45, 7) is 3.58. The normalized spacial score (nSPS) is 17.7. The number of ether oxygens (including phenoxy) is 1. The first-order valence-corrected chi connectivity index (χ1v) is 16.5. The van der Waals surface area contributed by atoms with Crippen LogP contribution in [0.3, 0.4) is 0 Å². The van der Waals surface area contributed by atoms with Crippen molar-refractivity contribution in [3.8, 4) is 0 Å². The number of benzene rings is 1. The van der Waals surface area contributed by atoms with E-state index in [1.807, 2.05) is 13.1 Å². The van der Waals surface area contributed by atoms with Crippen molar-refractivity contribution in [1.82, 2.24) is 25.5 Å². The first-order chi connectivity index (χ1) is 20.8. The number of hydrogen-bond donors (Lipinski definition) is 3. The number of urea groups is 1. The molecule has 1 aliphatic heterocycles. The first-order valence-electron chi connectivity index (χ1n) is 15.7. The Hall–Kier alpha value is -2.78. The Morgan fingerprint density at radius 2 is 1.88 bits per heavy atom. The quantitative estimate of drug-likeness (QED) is 0.182. The minimum Gasteiger partial charge on any atom is -0.466 e. The number of H-pyrrole nitrogens is 1. The lowest BCUT2D eigenvalue weighted by atomic mass is 9.63. The van der Waals surface area contributed by atoms with Crippen molar-refractivity contribution >= 4 is 41.1 Å². The van der Waals surface area contributed by atoms with E-state index >= 15 is 0 Å². The van der Waals surface area contributed by atoms with Crippen LogP contribution < -0.4 is 10.6 Å². The van der Waals surface area contributed by atoms with E-state index in [1.165, 1.54) is 6.42 Å². The number of imidazole rings is 1. The van der Waals surface area contributed by atoms with Crippen LogP contribution in [0.4, 0.5) is 4.79 Å². The van der Waals surface area contributed by atoms with Gasteiger partial charge in [-0.2, -0.15) is 0 Å². The highest BCUT2D eigenvalue weighted by Gasteiger charge is 2.49. The number of unbranched alkanes of at least 4 members (excludes halogenated alkanes) is 2. The third kappa shape index (κ3) is 9.11. The van der Waals surface area contributed by atoms with Crippen molar-refractivity contribution in [3.63, 3.8) is 0 Å². The number of aromatic nitrogens is 2. The summed E-state index contributed by atoms with van der Waals surface area (Å²) in [5.41, 5.74) is 1.28. The number of aryl methyl sites for hydroxylation is 1. The molecule has 11 heteroatoms. The van der Waals surface area contributed by atoms with Gasteiger partial charge in [0, 0.05) is 48.0 Å². The van der Waals surface area contributed by atoms with Gasteiger partial charge in [-0.25, -0.2) is 9.78 Å². The predicted molar refractivity (Wildman–Crippen MR) is 168 cm³/mol. The number of nitrogens with zero attached hydrogens (tertiary/aromatic N) is 2. The van der Waals surface area contributed by atoms with E-state index in [2.05, 4.69) is 20.6 Å².